The molecule has 6 nitrogen and oxygen atoms in total. The molecule has 1 heterocycles. The van der Waals surface area contributed by atoms with Crippen molar-refractivity contribution in [2.24, 2.45) is 0 Å². The van der Waals surface area contributed by atoms with Crippen molar-refractivity contribution in [3.05, 3.63) is 53.4 Å². The highest BCUT2D eigenvalue weighted by molar-refractivity contribution is 7.14. The molecule has 0 fully saturated rings. The minimum atomic E-state index is -0.250. The molecule has 146 valence electrons. The van der Waals surface area contributed by atoms with E-state index in [1.165, 1.54) is 16.9 Å². The third-order valence-electron chi connectivity index (χ3n) is 4.27. The van der Waals surface area contributed by atoms with Crippen molar-refractivity contribution in [3.63, 3.8) is 0 Å². The Bertz CT molecular complexity index is 954. The molecule has 28 heavy (non-hydrogen) atoms. The van der Waals surface area contributed by atoms with Crippen molar-refractivity contribution < 1.29 is 14.3 Å². The molecule has 2 aromatic carbocycles. The molecule has 0 aliphatic heterocycles. The van der Waals surface area contributed by atoms with Crippen molar-refractivity contribution in [1.82, 2.24) is 4.98 Å². The summed E-state index contributed by atoms with van der Waals surface area (Å²) in [7, 11) is 3.13. The van der Waals surface area contributed by atoms with Gasteiger partial charge in [0, 0.05) is 29.2 Å². The monoisotopic (exact) mass is 397 g/mol. The number of nitrogens with zero attached hydrogens (tertiary/aromatic N) is 2. The lowest BCUT2D eigenvalue weighted by molar-refractivity contribution is 0.257. The number of carbonyl (C=O) groups excluding carboxylic acids is 1. The van der Waals surface area contributed by atoms with Crippen molar-refractivity contribution >= 4 is 28.2 Å². The van der Waals surface area contributed by atoms with Crippen molar-refractivity contribution in [3.8, 4) is 22.8 Å². The van der Waals surface area contributed by atoms with E-state index in [-0.39, 0.29) is 6.03 Å². The molecule has 0 saturated heterocycles. The predicted molar refractivity (Wildman–Crippen MR) is 114 cm³/mol. The fourth-order valence-electron chi connectivity index (χ4n) is 2.72. The van der Waals surface area contributed by atoms with E-state index < -0.39 is 0 Å². The molecule has 0 aliphatic rings. The first-order valence-corrected chi connectivity index (χ1v) is 9.76. The molecule has 0 unspecified atom stereocenters. The molecule has 2 amide bonds. The zero-order valence-corrected chi connectivity index (χ0v) is 17.2. The molecule has 0 spiro atoms. The summed E-state index contributed by atoms with van der Waals surface area (Å²) in [4.78, 5) is 19.1. The number of hydrogen-bond acceptors (Lipinski definition) is 5. The predicted octanol–water partition coefficient (Wildman–Crippen LogP) is 5.19. The van der Waals surface area contributed by atoms with Gasteiger partial charge in [-0.25, -0.2) is 9.78 Å². The summed E-state index contributed by atoms with van der Waals surface area (Å²) in [5.74, 6) is 1.16. The second-order valence-electron chi connectivity index (χ2n) is 6.13. The summed E-state index contributed by atoms with van der Waals surface area (Å²) >= 11 is 1.44. The van der Waals surface area contributed by atoms with Crippen LogP contribution in [-0.2, 0) is 0 Å². The van der Waals surface area contributed by atoms with Gasteiger partial charge in [-0.15, -0.1) is 11.3 Å². The van der Waals surface area contributed by atoms with Gasteiger partial charge in [-0.2, -0.15) is 0 Å². The fraction of sp³-hybridized carbons (Fsp3) is 0.238. The fourth-order valence-corrected chi connectivity index (χ4v) is 3.61. The van der Waals surface area contributed by atoms with Gasteiger partial charge in [0.1, 0.15) is 0 Å². The number of thiazole rings is 1. The van der Waals surface area contributed by atoms with Crippen LogP contribution in [0.1, 0.15) is 12.5 Å². The van der Waals surface area contributed by atoms with Gasteiger partial charge in [0.15, 0.2) is 16.6 Å². The molecule has 3 rings (SSSR count). The standard InChI is InChI=1S/C21H23N3O3S/c1-5-24(20(25)22-16-10-11-18(26-3)19(12-16)27-4)21-23-17(13-28-21)15-8-6-14(2)7-9-15/h6-13H,5H2,1-4H3,(H,22,25). The second kappa shape index (κ2) is 8.75. The molecular weight excluding hydrogens is 374 g/mol. The van der Waals surface area contributed by atoms with Crippen LogP contribution in [0.25, 0.3) is 11.3 Å². The molecule has 1 aromatic heterocycles. The molecule has 0 radical (unpaired) electrons. The smallest absolute Gasteiger partial charge is 0.328 e. The Morgan fingerprint density at radius 3 is 2.46 bits per heavy atom. The zero-order valence-electron chi connectivity index (χ0n) is 16.4. The van der Waals surface area contributed by atoms with Crippen LogP contribution in [-0.4, -0.2) is 31.8 Å². The quantitative estimate of drug-likeness (QED) is 0.621. The lowest BCUT2D eigenvalue weighted by Gasteiger charge is -2.19. The number of benzene rings is 2. The van der Waals surface area contributed by atoms with Crippen LogP contribution in [0.4, 0.5) is 15.6 Å². The summed E-state index contributed by atoms with van der Waals surface area (Å²) < 4.78 is 10.5. The Morgan fingerprint density at radius 1 is 1.11 bits per heavy atom. The Morgan fingerprint density at radius 2 is 1.82 bits per heavy atom. The molecular formula is C21H23N3O3S. The van der Waals surface area contributed by atoms with E-state index in [1.54, 1.807) is 37.3 Å². The van der Waals surface area contributed by atoms with Crippen LogP contribution in [0.2, 0.25) is 0 Å². The number of amides is 2. The number of rotatable bonds is 6. The van der Waals surface area contributed by atoms with Crippen LogP contribution >= 0.6 is 11.3 Å². The van der Waals surface area contributed by atoms with Gasteiger partial charge in [0.25, 0.3) is 0 Å². The highest BCUT2D eigenvalue weighted by Gasteiger charge is 2.18. The van der Waals surface area contributed by atoms with Crippen molar-refractivity contribution in [1.29, 1.82) is 0 Å². The summed E-state index contributed by atoms with van der Waals surface area (Å²) in [6.45, 7) is 4.47. The maximum Gasteiger partial charge on any atom is 0.328 e. The van der Waals surface area contributed by atoms with Crippen LogP contribution < -0.4 is 19.7 Å². The summed E-state index contributed by atoms with van der Waals surface area (Å²) in [5, 5.41) is 5.51. The van der Waals surface area contributed by atoms with E-state index in [4.69, 9.17) is 9.47 Å². The zero-order chi connectivity index (χ0) is 20.1. The normalized spacial score (nSPS) is 10.4. The Labute approximate surface area is 168 Å². The average molecular weight is 398 g/mol. The maximum absolute atomic E-state index is 12.8. The second-order valence-corrected chi connectivity index (χ2v) is 6.96. The lowest BCUT2D eigenvalue weighted by atomic mass is 10.1. The number of aromatic nitrogens is 1. The summed E-state index contributed by atoms with van der Waals surface area (Å²) in [5.41, 5.74) is 3.71. The molecule has 0 saturated carbocycles. The first-order valence-electron chi connectivity index (χ1n) is 8.88. The number of carbonyl (C=O) groups is 1. The topological polar surface area (TPSA) is 63.7 Å². The van der Waals surface area contributed by atoms with Gasteiger partial charge in [-0.1, -0.05) is 29.8 Å². The molecule has 0 bridgehead atoms. The number of aryl methyl sites for hydroxylation is 1. The van der Waals surface area contributed by atoms with Crippen LogP contribution in [0.3, 0.4) is 0 Å². The van der Waals surface area contributed by atoms with Gasteiger partial charge in [0.2, 0.25) is 0 Å². The van der Waals surface area contributed by atoms with E-state index in [2.05, 4.69) is 22.4 Å². The van der Waals surface area contributed by atoms with Crippen LogP contribution in [0.15, 0.2) is 47.8 Å². The van der Waals surface area contributed by atoms with E-state index in [1.807, 2.05) is 31.4 Å². The van der Waals surface area contributed by atoms with Crippen molar-refractivity contribution in [2.45, 2.75) is 13.8 Å². The molecule has 7 heteroatoms. The molecule has 3 aromatic rings. The third-order valence-corrected chi connectivity index (χ3v) is 5.13. The number of urea groups is 1. The molecule has 1 N–H and O–H groups in total. The average Bonchev–Trinajstić information content (AvgIpc) is 3.18. The first kappa shape index (κ1) is 19.7. The van der Waals surface area contributed by atoms with Gasteiger partial charge in [-0.05, 0) is 26.0 Å². The Balaban J connectivity index is 1.78. The highest BCUT2D eigenvalue weighted by Crippen LogP contribution is 2.31. The van der Waals surface area contributed by atoms with Crippen LogP contribution in [0.5, 0.6) is 11.5 Å². The number of hydrogen-bond donors (Lipinski definition) is 1. The number of anilines is 2. The minimum absolute atomic E-state index is 0.250. The molecule has 0 atom stereocenters. The van der Waals surface area contributed by atoms with Gasteiger partial charge >= 0.3 is 6.03 Å². The maximum atomic E-state index is 12.8. The Kier molecular flexibility index (Phi) is 6.16. The number of methoxy groups -OCH3 is 2. The summed E-state index contributed by atoms with van der Waals surface area (Å²) in [6.07, 6.45) is 0. The van der Waals surface area contributed by atoms with Gasteiger partial charge < -0.3 is 14.8 Å². The Hall–Kier alpha value is -3.06. The highest BCUT2D eigenvalue weighted by atomic mass is 32.1. The van der Waals surface area contributed by atoms with Crippen molar-refractivity contribution in [2.75, 3.05) is 31.0 Å². The van der Waals surface area contributed by atoms with Crippen LogP contribution in [0, 0.1) is 6.92 Å². The van der Waals surface area contributed by atoms with Gasteiger partial charge in [-0.3, -0.25) is 4.90 Å². The van der Waals surface area contributed by atoms with E-state index >= 15 is 0 Å². The third kappa shape index (κ3) is 4.26. The SMILES string of the molecule is CCN(C(=O)Nc1ccc(OC)c(OC)c1)c1nc(-c2ccc(C)cc2)cs1. The summed E-state index contributed by atoms with van der Waals surface area (Å²) in [6, 6.07) is 13.2. The van der Waals surface area contributed by atoms with Gasteiger partial charge in [0.05, 0.1) is 19.9 Å². The van der Waals surface area contributed by atoms with E-state index in [0.29, 0.717) is 28.9 Å². The molecule has 0 aliphatic carbocycles. The number of nitrogens with one attached hydrogen (secondary N) is 1. The lowest BCUT2D eigenvalue weighted by Crippen LogP contribution is -2.34. The van der Waals surface area contributed by atoms with E-state index in [9.17, 15) is 4.79 Å². The first-order chi connectivity index (χ1) is 13.5. The number of ether oxygens (including phenoxy) is 2. The minimum Gasteiger partial charge on any atom is -0.493 e. The van der Waals surface area contributed by atoms with E-state index in [0.717, 1.165) is 11.3 Å². The largest absolute Gasteiger partial charge is 0.493 e.